The molecule has 0 spiro atoms. The molecule has 3 N–H and O–H groups in total. The summed E-state index contributed by atoms with van der Waals surface area (Å²) in [6, 6.07) is 7.58. The molecule has 19 heavy (non-hydrogen) atoms. The number of rotatable bonds is 2. The third kappa shape index (κ3) is 1.74. The fraction of sp³-hybridized carbons (Fsp3) is 0.286. The monoisotopic (exact) mass is 257 g/mol. The summed E-state index contributed by atoms with van der Waals surface area (Å²) in [4.78, 5) is 11.9. The lowest BCUT2D eigenvalue weighted by atomic mass is 9.85. The number of hydrogen-bond donors (Lipinski definition) is 2. The van der Waals surface area contributed by atoms with Crippen molar-refractivity contribution in [3.8, 4) is 11.3 Å². The Morgan fingerprint density at radius 2 is 2.16 bits per heavy atom. The van der Waals surface area contributed by atoms with E-state index in [0.717, 1.165) is 16.8 Å². The lowest BCUT2D eigenvalue weighted by Gasteiger charge is -2.15. The zero-order valence-electron chi connectivity index (χ0n) is 10.9. The maximum absolute atomic E-state index is 11.9. The number of aromatic nitrogens is 1. The lowest BCUT2D eigenvalue weighted by molar-refractivity contribution is -0.119. The maximum atomic E-state index is 11.9. The first-order chi connectivity index (χ1) is 9.02. The van der Waals surface area contributed by atoms with E-state index in [-0.39, 0.29) is 5.91 Å². The highest BCUT2D eigenvalue weighted by Gasteiger charge is 2.38. The highest BCUT2D eigenvalue weighted by atomic mass is 16.5. The van der Waals surface area contributed by atoms with Crippen LogP contribution in [0.2, 0.25) is 0 Å². The first kappa shape index (κ1) is 11.9. The molecule has 1 aromatic heterocycles. The van der Waals surface area contributed by atoms with Gasteiger partial charge in [0.05, 0.1) is 11.1 Å². The lowest BCUT2D eigenvalue weighted by Crippen LogP contribution is -2.26. The van der Waals surface area contributed by atoms with Gasteiger partial charge in [0.15, 0.2) is 5.76 Å². The zero-order valence-corrected chi connectivity index (χ0v) is 10.9. The largest absolute Gasteiger partial charge is 0.356 e. The predicted molar refractivity (Wildman–Crippen MR) is 71.5 cm³/mol. The second-order valence-corrected chi connectivity index (χ2v) is 5.23. The normalized spacial score (nSPS) is 16.3. The minimum atomic E-state index is -0.526. The number of nitrogens with one attached hydrogen (secondary N) is 1. The van der Waals surface area contributed by atoms with Gasteiger partial charge in [-0.1, -0.05) is 5.16 Å². The van der Waals surface area contributed by atoms with E-state index in [4.69, 9.17) is 10.3 Å². The highest BCUT2D eigenvalue weighted by Crippen LogP contribution is 2.39. The summed E-state index contributed by atoms with van der Waals surface area (Å²) < 4.78 is 5.26. The second-order valence-electron chi connectivity index (χ2n) is 5.23. The Kier molecular flexibility index (Phi) is 2.46. The Morgan fingerprint density at radius 3 is 2.84 bits per heavy atom. The minimum absolute atomic E-state index is 0.0138. The van der Waals surface area contributed by atoms with E-state index in [2.05, 4.69) is 10.5 Å². The molecule has 0 aliphatic carbocycles. The zero-order chi connectivity index (χ0) is 13.6. The molecular formula is C14H15N3O2. The van der Waals surface area contributed by atoms with Crippen molar-refractivity contribution >= 4 is 11.6 Å². The van der Waals surface area contributed by atoms with Crippen LogP contribution < -0.4 is 11.1 Å². The number of fused-ring (bicyclic) bond motifs is 1. The second kappa shape index (κ2) is 3.93. The summed E-state index contributed by atoms with van der Waals surface area (Å²) in [6.45, 7) is 4.16. The number of benzene rings is 1. The fourth-order valence-electron chi connectivity index (χ4n) is 2.27. The maximum Gasteiger partial charge on any atom is 0.234 e. The van der Waals surface area contributed by atoms with Crippen molar-refractivity contribution in [3.05, 3.63) is 35.5 Å². The van der Waals surface area contributed by atoms with Crippen molar-refractivity contribution in [2.75, 3.05) is 5.32 Å². The Labute approximate surface area is 110 Å². The van der Waals surface area contributed by atoms with Crippen LogP contribution in [0.3, 0.4) is 0 Å². The summed E-state index contributed by atoms with van der Waals surface area (Å²) in [7, 11) is 0. The van der Waals surface area contributed by atoms with Gasteiger partial charge in [-0.2, -0.15) is 0 Å². The van der Waals surface area contributed by atoms with Crippen LogP contribution in [-0.2, 0) is 16.8 Å². The average Bonchev–Trinajstić information content (AvgIpc) is 2.94. The fourth-order valence-corrected chi connectivity index (χ4v) is 2.27. The quantitative estimate of drug-likeness (QED) is 0.862. The average molecular weight is 257 g/mol. The Balaban J connectivity index is 2.07. The van der Waals surface area contributed by atoms with Crippen LogP contribution in [0.5, 0.6) is 0 Å². The Hall–Kier alpha value is -2.14. The molecule has 0 saturated heterocycles. The Bertz CT molecular complexity index is 658. The van der Waals surface area contributed by atoms with Crippen molar-refractivity contribution < 1.29 is 9.32 Å². The SMILES string of the molecule is CC1(C)C(=O)Nc2ccc(-c3cc(CN)no3)cc21. The Morgan fingerprint density at radius 1 is 1.37 bits per heavy atom. The molecule has 5 nitrogen and oxygen atoms in total. The molecule has 1 aliphatic rings. The molecule has 98 valence electrons. The number of anilines is 1. The van der Waals surface area contributed by atoms with Crippen LogP contribution in [0.25, 0.3) is 11.3 Å². The van der Waals surface area contributed by atoms with E-state index in [1.165, 1.54) is 0 Å². The van der Waals surface area contributed by atoms with Gasteiger partial charge in [0.2, 0.25) is 5.91 Å². The van der Waals surface area contributed by atoms with E-state index in [1.54, 1.807) is 0 Å². The molecule has 0 radical (unpaired) electrons. The van der Waals surface area contributed by atoms with Gasteiger partial charge in [-0.25, -0.2) is 0 Å². The third-order valence-electron chi connectivity index (χ3n) is 3.56. The number of carbonyl (C=O) groups excluding carboxylic acids is 1. The predicted octanol–water partition coefficient (Wildman–Crippen LogP) is 2.03. The molecule has 0 bridgehead atoms. The number of amides is 1. The summed E-state index contributed by atoms with van der Waals surface area (Å²) in [5.74, 6) is 0.679. The molecule has 1 aromatic carbocycles. The van der Waals surface area contributed by atoms with Crippen LogP contribution in [0, 0.1) is 0 Å². The first-order valence-electron chi connectivity index (χ1n) is 6.14. The van der Waals surface area contributed by atoms with Crippen molar-refractivity contribution in [2.45, 2.75) is 25.8 Å². The molecule has 3 rings (SSSR count). The van der Waals surface area contributed by atoms with Crippen molar-refractivity contribution in [3.63, 3.8) is 0 Å². The molecule has 2 heterocycles. The van der Waals surface area contributed by atoms with E-state index in [9.17, 15) is 4.79 Å². The van der Waals surface area contributed by atoms with E-state index in [1.807, 2.05) is 38.1 Å². The smallest absolute Gasteiger partial charge is 0.234 e. The molecular weight excluding hydrogens is 242 g/mol. The van der Waals surface area contributed by atoms with Crippen molar-refractivity contribution in [2.24, 2.45) is 5.73 Å². The van der Waals surface area contributed by atoms with Crippen LogP contribution in [0.15, 0.2) is 28.8 Å². The molecule has 2 aromatic rings. The summed E-state index contributed by atoms with van der Waals surface area (Å²) in [5.41, 5.74) is 8.43. The molecule has 5 heteroatoms. The molecule has 0 atom stereocenters. The van der Waals surface area contributed by atoms with Gasteiger partial charge < -0.3 is 15.6 Å². The molecule has 0 unspecified atom stereocenters. The molecule has 1 amide bonds. The van der Waals surface area contributed by atoms with Gasteiger partial charge in [-0.15, -0.1) is 0 Å². The number of hydrogen-bond acceptors (Lipinski definition) is 4. The topological polar surface area (TPSA) is 81.2 Å². The highest BCUT2D eigenvalue weighted by molar-refractivity contribution is 6.06. The molecule has 0 saturated carbocycles. The van der Waals surface area contributed by atoms with Crippen LogP contribution in [0.4, 0.5) is 5.69 Å². The van der Waals surface area contributed by atoms with Crippen LogP contribution in [-0.4, -0.2) is 11.1 Å². The van der Waals surface area contributed by atoms with Gasteiger partial charge >= 0.3 is 0 Å². The summed E-state index contributed by atoms with van der Waals surface area (Å²) in [6.07, 6.45) is 0. The van der Waals surface area contributed by atoms with Gasteiger partial charge in [0, 0.05) is 23.9 Å². The van der Waals surface area contributed by atoms with Gasteiger partial charge in [0.1, 0.15) is 0 Å². The first-order valence-corrected chi connectivity index (χ1v) is 6.14. The molecule has 0 fully saturated rings. The minimum Gasteiger partial charge on any atom is -0.356 e. The third-order valence-corrected chi connectivity index (χ3v) is 3.56. The molecule has 1 aliphatic heterocycles. The van der Waals surface area contributed by atoms with E-state index in [0.29, 0.717) is 18.0 Å². The van der Waals surface area contributed by atoms with Crippen molar-refractivity contribution in [1.82, 2.24) is 5.16 Å². The summed E-state index contributed by atoms with van der Waals surface area (Å²) >= 11 is 0. The van der Waals surface area contributed by atoms with Crippen molar-refractivity contribution in [1.29, 1.82) is 0 Å². The van der Waals surface area contributed by atoms with Gasteiger partial charge in [-0.3, -0.25) is 4.79 Å². The standard InChI is InChI=1S/C14H15N3O2/c1-14(2)10-5-8(3-4-11(10)16-13(14)18)12-6-9(7-15)17-19-12/h3-6H,7,15H2,1-2H3,(H,16,18). The van der Waals surface area contributed by atoms with Crippen LogP contribution >= 0.6 is 0 Å². The van der Waals surface area contributed by atoms with Crippen LogP contribution in [0.1, 0.15) is 25.1 Å². The number of nitrogens with zero attached hydrogens (tertiary/aromatic N) is 1. The number of carbonyl (C=O) groups is 1. The van der Waals surface area contributed by atoms with E-state index < -0.39 is 5.41 Å². The van der Waals surface area contributed by atoms with E-state index >= 15 is 0 Å². The summed E-state index contributed by atoms with van der Waals surface area (Å²) in [5, 5.41) is 6.75. The van der Waals surface area contributed by atoms with Gasteiger partial charge in [0.25, 0.3) is 0 Å². The number of nitrogens with two attached hydrogens (primary N) is 1. The van der Waals surface area contributed by atoms with Gasteiger partial charge in [-0.05, 0) is 37.6 Å².